The van der Waals surface area contributed by atoms with Crippen molar-refractivity contribution in [2.24, 2.45) is 0 Å². The monoisotopic (exact) mass is 296 g/mol. The van der Waals surface area contributed by atoms with Gasteiger partial charge in [-0.05, 0) is 31.0 Å². The van der Waals surface area contributed by atoms with E-state index in [1.54, 1.807) is 6.07 Å². The summed E-state index contributed by atoms with van der Waals surface area (Å²) in [5, 5.41) is 2.12. The van der Waals surface area contributed by atoms with E-state index in [1.807, 2.05) is 34.8 Å². The van der Waals surface area contributed by atoms with Crippen LogP contribution >= 0.6 is 23.2 Å². The molecule has 0 atom stereocenters. The Morgan fingerprint density at radius 1 is 1.42 bits per heavy atom. The summed E-state index contributed by atoms with van der Waals surface area (Å²) in [4.78, 5) is 14.0. The maximum absolute atomic E-state index is 12.1. The van der Waals surface area contributed by atoms with Crippen LogP contribution in [0.25, 0.3) is 10.9 Å². The summed E-state index contributed by atoms with van der Waals surface area (Å²) >= 11 is 12.2. The van der Waals surface area contributed by atoms with Crippen molar-refractivity contribution >= 4 is 40.0 Å². The van der Waals surface area contributed by atoms with E-state index < -0.39 is 0 Å². The molecule has 3 nitrogen and oxygen atoms in total. The van der Waals surface area contributed by atoms with Crippen molar-refractivity contribution in [1.29, 1.82) is 0 Å². The first kappa shape index (κ1) is 12.8. The Balaban J connectivity index is 1.90. The highest BCUT2D eigenvalue weighted by molar-refractivity contribution is 6.38. The molecular weight excluding hydrogens is 283 g/mol. The predicted octanol–water partition coefficient (Wildman–Crippen LogP) is 3.57. The molecule has 0 saturated heterocycles. The van der Waals surface area contributed by atoms with Crippen molar-refractivity contribution in [3.8, 4) is 0 Å². The fourth-order valence-corrected chi connectivity index (χ4v) is 2.82. The molecule has 1 aromatic carbocycles. The zero-order valence-electron chi connectivity index (χ0n) is 10.6. The van der Waals surface area contributed by atoms with Gasteiger partial charge in [-0.1, -0.05) is 23.2 Å². The first-order valence-corrected chi connectivity index (χ1v) is 7.01. The van der Waals surface area contributed by atoms with Crippen LogP contribution in [-0.4, -0.2) is 28.5 Å². The third-order valence-corrected chi connectivity index (χ3v) is 4.13. The zero-order chi connectivity index (χ0) is 13.6. The summed E-state index contributed by atoms with van der Waals surface area (Å²) in [5.74, 6) is 0.121. The molecule has 0 unspecified atom stereocenters. The maximum atomic E-state index is 12.1. The number of carbonyl (C=O) groups excluding carboxylic acids is 1. The molecule has 1 heterocycles. The van der Waals surface area contributed by atoms with Gasteiger partial charge in [0.05, 0.1) is 10.5 Å². The van der Waals surface area contributed by atoms with Crippen LogP contribution in [0.5, 0.6) is 0 Å². The summed E-state index contributed by atoms with van der Waals surface area (Å²) in [5.41, 5.74) is 0.898. The summed E-state index contributed by atoms with van der Waals surface area (Å²) in [6.45, 7) is 0.327. The summed E-state index contributed by atoms with van der Waals surface area (Å²) in [6, 6.07) is 5.90. The van der Waals surface area contributed by atoms with Crippen molar-refractivity contribution in [2.45, 2.75) is 25.4 Å². The van der Waals surface area contributed by atoms with Crippen LogP contribution in [0.1, 0.15) is 12.8 Å². The molecule has 1 aliphatic carbocycles. The molecule has 1 aromatic heterocycles. The lowest BCUT2D eigenvalue weighted by atomic mass is 10.2. The molecule has 1 amide bonds. The molecule has 1 aliphatic rings. The van der Waals surface area contributed by atoms with Gasteiger partial charge < -0.3 is 9.47 Å². The average Bonchev–Trinajstić information content (AvgIpc) is 3.12. The number of hydrogen-bond donors (Lipinski definition) is 0. The van der Waals surface area contributed by atoms with Gasteiger partial charge in [0, 0.05) is 29.7 Å². The Bertz CT molecular complexity index is 646. The van der Waals surface area contributed by atoms with Gasteiger partial charge in [-0.2, -0.15) is 0 Å². The molecule has 5 heteroatoms. The number of hydrogen-bond acceptors (Lipinski definition) is 1. The number of rotatable bonds is 3. The van der Waals surface area contributed by atoms with E-state index in [0.29, 0.717) is 22.6 Å². The van der Waals surface area contributed by atoms with E-state index in [4.69, 9.17) is 23.2 Å². The number of fused-ring (bicyclic) bond motifs is 1. The molecule has 0 radical (unpaired) electrons. The highest BCUT2D eigenvalue weighted by atomic mass is 35.5. The summed E-state index contributed by atoms with van der Waals surface area (Å²) in [6.07, 6.45) is 4.12. The van der Waals surface area contributed by atoms with Crippen LogP contribution in [0.2, 0.25) is 10.0 Å². The molecule has 0 N–H and O–H groups in total. The molecule has 100 valence electrons. The van der Waals surface area contributed by atoms with Gasteiger partial charge in [-0.15, -0.1) is 0 Å². The molecule has 2 aromatic rings. The Kier molecular flexibility index (Phi) is 3.19. The highest BCUT2D eigenvalue weighted by Gasteiger charge is 2.29. The molecule has 19 heavy (non-hydrogen) atoms. The minimum atomic E-state index is 0.121. The van der Waals surface area contributed by atoms with Gasteiger partial charge in [-0.3, -0.25) is 4.79 Å². The molecule has 0 spiro atoms. The second kappa shape index (κ2) is 4.73. The second-order valence-electron chi connectivity index (χ2n) is 5.00. The minimum absolute atomic E-state index is 0.121. The standard InChI is InChI=1S/C14H14Cl2N2O/c1-17(10-2-3-10)14(19)8-18-5-4-11-12(16)6-9(15)7-13(11)18/h4-7,10H,2-3,8H2,1H3. The van der Waals surface area contributed by atoms with Crippen LogP contribution in [0.15, 0.2) is 24.4 Å². The van der Waals surface area contributed by atoms with Crippen molar-refractivity contribution in [3.05, 3.63) is 34.4 Å². The Labute approximate surface area is 121 Å². The number of amides is 1. The molecule has 0 aliphatic heterocycles. The van der Waals surface area contributed by atoms with Crippen molar-refractivity contribution in [2.75, 3.05) is 7.05 Å². The fourth-order valence-electron chi connectivity index (χ4n) is 2.28. The van der Waals surface area contributed by atoms with Crippen LogP contribution < -0.4 is 0 Å². The average molecular weight is 297 g/mol. The highest BCUT2D eigenvalue weighted by Crippen LogP contribution is 2.29. The largest absolute Gasteiger partial charge is 0.341 e. The smallest absolute Gasteiger partial charge is 0.242 e. The van der Waals surface area contributed by atoms with Gasteiger partial charge in [0.1, 0.15) is 6.54 Å². The van der Waals surface area contributed by atoms with Crippen molar-refractivity contribution in [1.82, 2.24) is 9.47 Å². The van der Waals surface area contributed by atoms with Crippen molar-refractivity contribution < 1.29 is 4.79 Å². The third-order valence-electron chi connectivity index (χ3n) is 3.60. The normalized spacial score (nSPS) is 14.9. The number of benzene rings is 1. The molecule has 0 bridgehead atoms. The fraction of sp³-hybridized carbons (Fsp3) is 0.357. The lowest BCUT2D eigenvalue weighted by Gasteiger charge is -2.17. The topological polar surface area (TPSA) is 25.2 Å². The third kappa shape index (κ3) is 2.45. The zero-order valence-corrected chi connectivity index (χ0v) is 12.1. The van der Waals surface area contributed by atoms with Crippen LogP contribution in [0, 0.1) is 0 Å². The van der Waals surface area contributed by atoms with E-state index in [1.165, 1.54) is 0 Å². The number of aromatic nitrogens is 1. The van der Waals surface area contributed by atoms with Gasteiger partial charge in [0.25, 0.3) is 0 Å². The first-order chi connectivity index (χ1) is 9.06. The van der Waals surface area contributed by atoms with Gasteiger partial charge >= 0.3 is 0 Å². The quantitative estimate of drug-likeness (QED) is 0.850. The number of halogens is 2. The first-order valence-electron chi connectivity index (χ1n) is 6.26. The molecule has 1 saturated carbocycles. The van der Waals surface area contributed by atoms with E-state index in [9.17, 15) is 4.79 Å². The maximum Gasteiger partial charge on any atom is 0.242 e. The Morgan fingerprint density at radius 2 is 2.16 bits per heavy atom. The van der Waals surface area contributed by atoms with Gasteiger partial charge in [0.15, 0.2) is 0 Å². The van der Waals surface area contributed by atoms with E-state index in [-0.39, 0.29) is 5.91 Å². The molecule has 1 fully saturated rings. The Morgan fingerprint density at radius 3 is 2.84 bits per heavy atom. The molecular formula is C14H14Cl2N2O. The SMILES string of the molecule is CN(C(=O)Cn1ccc2c(Cl)cc(Cl)cc21)C1CC1. The van der Waals surface area contributed by atoms with Crippen LogP contribution in [0.4, 0.5) is 0 Å². The van der Waals surface area contributed by atoms with E-state index in [0.717, 1.165) is 23.7 Å². The van der Waals surface area contributed by atoms with Gasteiger partial charge in [-0.25, -0.2) is 0 Å². The Hall–Kier alpha value is -1.19. The number of carbonyl (C=O) groups is 1. The van der Waals surface area contributed by atoms with Crippen molar-refractivity contribution in [3.63, 3.8) is 0 Å². The van der Waals surface area contributed by atoms with Gasteiger partial charge in [0.2, 0.25) is 5.91 Å². The summed E-state index contributed by atoms with van der Waals surface area (Å²) in [7, 11) is 1.87. The van der Waals surface area contributed by atoms with Crippen LogP contribution in [0.3, 0.4) is 0 Å². The van der Waals surface area contributed by atoms with Crippen LogP contribution in [-0.2, 0) is 11.3 Å². The predicted molar refractivity (Wildman–Crippen MR) is 77.8 cm³/mol. The lowest BCUT2D eigenvalue weighted by molar-refractivity contribution is -0.130. The number of nitrogens with zero attached hydrogens (tertiary/aromatic N) is 2. The lowest BCUT2D eigenvalue weighted by Crippen LogP contribution is -2.31. The molecule has 3 rings (SSSR count). The minimum Gasteiger partial charge on any atom is -0.341 e. The number of likely N-dealkylation sites (N-methyl/N-ethyl adjacent to an activating group) is 1. The van der Waals surface area contributed by atoms with E-state index >= 15 is 0 Å². The second-order valence-corrected chi connectivity index (χ2v) is 5.84. The van der Waals surface area contributed by atoms with E-state index in [2.05, 4.69) is 0 Å². The summed E-state index contributed by atoms with van der Waals surface area (Å²) < 4.78 is 1.90.